The topological polar surface area (TPSA) is 92.9 Å². The van der Waals surface area contributed by atoms with E-state index in [9.17, 15) is 18.5 Å². The summed E-state index contributed by atoms with van der Waals surface area (Å²) in [4.78, 5) is 17.2. The second-order valence-electron chi connectivity index (χ2n) is 7.50. The highest BCUT2D eigenvalue weighted by Crippen LogP contribution is 2.37. The van der Waals surface area contributed by atoms with Crippen LogP contribution in [0.25, 0.3) is 0 Å². The lowest BCUT2D eigenvalue weighted by molar-refractivity contribution is -0.384. The van der Waals surface area contributed by atoms with E-state index >= 15 is 0 Å². The molecule has 0 radical (unpaired) electrons. The fourth-order valence-corrected chi connectivity index (χ4v) is 6.67. The summed E-state index contributed by atoms with van der Waals surface area (Å²) in [6, 6.07) is 12.2. The zero-order valence-corrected chi connectivity index (χ0v) is 17.7. The van der Waals surface area contributed by atoms with Crippen LogP contribution in [0, 0.1) is 24.0 Å². The van der Waals surface area contributed by atoms with Crippen LogP contribution < -0.4 is 4.90 Å². The average Bonchev–Trinajstić information content (AvgIpc) is 3.13. The van der Waals surface area contributed by atoms with Crippen molar-refractivity contribution in [2.75, 3.05) is 16.4 Å². The summed E-state index contributed by atoms with van der Waals surface area (Å²) in [6.07, 6.45) is 0. The zero-order valence-electron chi connectivity index (χ0n) is 16.1. The summed E-state index contributed by atoms with van der Waals surface area (Å²) in [5, 5.41) is 11.6. The number of amidine groups is 1. The predicted octanol–water partition coefficient (Wildman–Crippen LogP) is 3.49. The Morgan fingerprint density at radius 2 is 1.90 bits per heavy atom. The smallest absolute Gasteiger partial charge is 0.269 e. The average molecular weight is 432 g/mol. The van der Waals surface area contributed by atoms with E-state index in [0.29, 0.717) is 5.75 Å². The number of thioether (sulfide) groups is 1. The highest BCUT2D eigenvalue weighted by atomic mass is 32.2. The van der Waals surface area contributed by atoms with E-state index in [1.807, 2.05) is 26.0 Å². The molecule has 0 spiro atoms. The van der Waals surface area contributed by atoms with Gasteiger partial charge in [-0.15, -0.1) is 0 Å². The van der Waals surface area contributed by atoms with Gasteiger partial charge in [-0.3, -0.25) is 15.1 Å². The number of non-ortho nitro benzene ring substituents is 1. The van der Waals surface area contributed by atoms with Crippen LogP contribution in [0.3, 0.4) is 0 Å². The third-order valence-electron chi connectivity index (χ3n) is 5.25. The summed E-state index contributed by atoms with van der Waals surface area (Å²) in [7, 11) is -3.09. The third kappa shape index (κ3) is 4.02. The number of anilines is 1. The van der Waals surface area contributed by atoms with Gasteiger partial charge in [0.2, 0.25) is 0 Å². The largest absolute Gasteiger partial charge is 0.315 e. The molecule has 0 amide bonds. The molecule has 1 fully saturated rings. The summed E-state index contributed by atoms with van der Waals surface area (Å²) in [6.45, 7) is 4.03. The normalized spacial score (nSPS) is 22.4. The fourth-order valence-electron chi connectivity index (χ4n) is 3.76. The molecule has 7 nitrogen and oxygen atoms in total. The monoisotopic (exact) mass is 431 g/mol. The number of nitrogens with zero attached hydrogens (tertiary/aromatic N) is 3. The lowest BCUT2D eigenvalue weighted by atomic mass is 10.1. The molecular weight excluding hydrogens is 410 g/mol. The van der Waals surface area contributed by atoms with E-state index in [0.717, 1.165) is 27.5 Å². The maximum atomic E-state index is 12.2. The molecule has 2 aliphatic rings. The van der Waals surface area contributed by atoms with Gasteiger partial charge in [-0.05, 0) is 36.6 Å². The van der Waals surface area contributed by atoms with Gasteiger partial charge in [0.15, 0.2) is 15.0 Å². The number of hydrogen-bond acceptors (Lipinski definition) is 7. The molecule has 4 rings (SSSR count). The Balaban J connectivity index is 1.61. The summed E-state index contributed by atoms with van der Waals surface area (Å²) < 4.78 is 24.4. The van der Waals surface area contributed by atoms with Crippen molar-refractivity contribution in [1.82, 2.24) is 0 Å². The first-order chi connectivity index (χ1) is 13.7. The van der Waals surface area contributed by atoms with Crippen LogP contribution in [0.1, 0.15) is 16.7 Å². The number of nitro groups is 1. The van der Waals surface area contributed by atoms with Gasteiger partial charge >= 0.3 is 0 Å². The Labute approximate surface area is 173 Å². The number of fused-ring (bicyclic) bond motifs is 1. The maximum Gasteiger partial charge on any atom is 0.269 e. The first-order valence-electron chi connectivity index (χ1n) is 9.24. The standard InChI is InChI=1S/C20H21N3O4S2/c1-13-3-4-14(2)18(9-13)22-19-12-29(26,27)11-17(19)21-20(22)28-10-15-5-7-16(8-6-15)23(24)25/h3-9,17,19H,10-12H2,1-2H3/t17-,19-/m1/s1. The van der Waals surface area contributed by atoms with E-state index in [-0.39, 0.29) is 29.3 Å². The highest BCUT2D eigenvalue weighted by Gasteiger charge is 2.47. The van der Waals surface area contributed by atoms with Crippen molar-refractivity contribution in [3.63, 3.8) is 0 Å². The quantitative estimate of drug-likeness (QED) is 0.543. The molecule has 2 aliphatic heterocycles. The van der Waals surface area contributed by atoms with Crippen molar-refractivity contribution < 1.29 is 13.3 Å². The number of benzene rings is 2. The third-order valence-corrected chi connectivity index (χ3v) is 7.98. The summed E-state index contributed by atoms with van der Waals surface area (Å²) >= 11 is 1.54. The van der Waals surface area contributed by atoms with Crippen LogP contribution in [-0.2, 0) is 15.6 Å². The van der Waals surface area contributed by atoms with Gasteiger partial charge in [0.25, 0.3) is 5.69 Å². The van der Waals surface area contributed by atoms with E-state index < -0.39 is 14.8 Å². The minimum atomic E-state index is -3.09. The van der Waals surface area contributed by atoms with Crippen molar-refractivity contribution in [3.8, 4) is 0 Å². The Bertz CT molecular complexity index is 1100. The van der Waals surface area contributed by atoms with Crippen LogP contribution in [0.5, 0.6) is 0 Å². The molecular formula is C20H21N3O4S2. The molecule has 152 valence electrons. The maximum absolute atomic E-state index is 12.2. The minimum Gasteiger partial charge on any atom is -0.315 e. The number of aryl methyl sites for hydroxylation is 2. The van der Waals surface area contributed by atoms with Crippen LogP contribution in [0.4, 0.5) is 11.4 Å². The first-order valence-corrected chi connectivity index (χ1v) is 12.0. The van der Waals surface area contributed by atoms with Crippen LogP contribution in [0.2, 0.25) is 0 Å². The summed E-state index contributed by atoms with van der Waals surface area (Å²) in [5.74, 6) is 0.793. The molecule has 0 bridgehead atoms. The Morgan fingerprint density at radius 1 is 1.17 bits per heavy atom. The fraction of sp³-hybridized carbons (Fsp3) is 0.350. The predicted molar refractivity (Wildman–Crippen MR) is 116 cm³/mol. The van der Waals surface area contributed by atoms with E-state index in [1.165, 1.54) is 23.9 Å². The Kier molecular flexibility index (Phi) is 5.12. The second kappa shape index (κ2) is 7.46. The van der Waals surface area contributed by atoms with Gasteiger partial charge in [0.05, 0.1) is 28.5 Å². The molecule has 0 saturated carbocycles. The number of sulfone groups is 1. The minimum absolute atomic E-state index is 0.0636. The Morgan fingerprint density at radius 3 is 2.59 bits per heavy atom. The number of nitro benzene ring substituents is 1. The van der Waals surface area contributed by atoms with Crippen molar-refractivity contribution in [2.24, 2.45) is 4.99 Å². The van der Waals surface area contributed by atoms with Crippen LogP contribution in [0.15, 0.2) is 47.5 Å². The zero-order chi connectivity index (χ0) is 20.8. The highest BCUT2D eigenvalue weighted by molar-refractivity contribution is 8.13. The first kappa shape index (κ1) is 19.9. The SMILES string of the molecule is Cc1ccc(C)c(N2C(SCc3ccc([N+](=O)[O-])cc3)=N[C@@H]3CS(=O)(=O)C[C@H]32)c1. The molecule has 2 atom stereocenters. The molecule has 2 heterocycles. The van der Waals surface area contributed by atoms with Crippen molar-refractivity contribution in [2.45, 2.75) is 31.7 Å². The van der Waals surface area contributed by atoms with Gasteiger partial charge in [-0.2, -0.15) is 0 Å². The number of hydrogen-bond donors (Lipinski definition) is 0. The van der Waals surface area contributed by atoms with Crippen molar-refractivity contribution in [1.29, 1.82) is 0 Å². The van der Waals surface area contributed by atoms with Gasteiger partial charge in [-0.25, -0.2) is 8.42 Å². The van der Waals surface area contributed by atoms with Crippen molar-refractivity contribution >= 4 is 38.1 Å². The number of aliphatic imine (C=N–C) groups is 1. The van der Waals surface area contributed by atoms with Gasteiger partial charge in [-0.1, -0.05) is 36.0 Å². The lowest BCUT2D eigenvalue weighted by Crippen LogP contribution is -2.39. The Hall–Kier alpha value is -2.39. The number of rotatable bonds is 4. The van der Waals surface area contributed by atoms with Gasteiger partial charge < -0.3 is 4.90 Å². The van der Waals surface area contributed by atoms with E-state index in [4.69, 9.17) is 4.99 Å². The van der Waals surface area contributed by atoms with E-state index in [2.05, 4.69) is 11.0 Å². The molecule has 1 saturated heterocycles. The van der Waals surface area contributed by atoms with Crippen LogP contribution >= 0.6 is 11.8 Å². The molecule has 2 aromatic rings. The van der Waals surface area contributed by atoms with Crippen molar-refractivity contribution in [3.05, 3.63) is 69.3 Å². The molecule has 0 unspecified atom stereocenters. The molecule has 2 aromatic carbocycles. The molecule has 0 aromatic heterocycles. The van der Waals surface area contributed by atoms with Crippen LogP contribution in [-0.4, -0.2) is 42.1 Å². The van der Waals surface area contributed by atoms with E-state index in [1.54, 1.807) is 12.1 Å². The molecule has 9 heteroatoms. The van der Waals surface area contributed by atoms with Gasteiger partial charge in [0.1, 0.15) is 0 Å². The molecule has 29 heavy (non-hydrogen) atoms. The lowest BCUT2D eigenvalue weighted by Gasteiger charge is -2.28. The second-order valence-corrected chi connectivity index (χ2v) is 10.6. The molecule has 0 aliphatic carbocycles. The summed E-state index contributed by atoms with van der Waals surface area (Å²) in [5.41, 5.74) is 4.19. The van der Waals surface area contributed by atoms with Gasteiger partial charge in [0, 0.05) is 23.6 Å². The molecule has 0 N–H and O–H groups in total.